The Morgan fingerprint density at radius 3 is 2.08 bits per heavy atom. The van der Waals surface area contributed by atoms with Gasteiger partial charge in [-0.2, -0.15) is 0 Å². The van der Waals surface area contributed by atoms with E-state index in [9.17, 15) is 3.74 Å². The first-order valence-corrected chi connectivity index (χ1v) is 6.46. The van der Waals surface area contributed by atoms with Gasteiger partial charge in [0.05, 0.1) is 0 Å². The van der Waals surface area contributed by atoms with Crippen molar-refractivity contribution in [1.82, 2.24) is 0 Å². The monoisotopic (exact) mass is 230 g/mol. The fraction of sp³-hybridized carbons (Fsp3) is 0. The molecule has 0 bridgehead atoms. The van der Waals surface area contributed by atoms with E-state index < -0.39 is 14.2 Å². The van der Waals surface area contributed by atoms with Gasteiger partial charge in [-0.25, -0.2) is 0 Å². The summed E-state index contributed by atoms with van der Waals surface area (Å²) in [5.74, 6) is 0. The summed E-state index contributed by atoms with van der Waals surface area (Å²) in [6.45, 7) is 0. The second-order valence-corrected chi connectivity index (χ2v) is 5.54. The van der Waals surface area contributed by atoms with Crippen molar-refractivity contribution in [2.24, 2.45) is 5.11 Å². The van der Waals surface area contributed by atoms with Gasteiger partial charge >= 0.3 is 71.1 Å². The number of benzene rings is 1. The van der Waals surface area contributed by atoms with Crippen molar-refractivity contribution in [3.05, 3.63) is 24.3 Å². The van der Waals surface area contributed by atoms with Crippen LogP contribution >= 0.6 is 0 Å². The second-order valence-electron chi connectivity index (χ2n) is 2.17. The van der Waals surface area contributed by atoms with E-state index in [1.807, 2.05) is 0 Å². The Kier molecular flexibility index (Phi) is 2.47. The molecule has 0 unspecified atom stereocenters. The molecule has 0 aliphatic heterocycles. The molecule has 0 saturated carbocycles. The minimum atomic E-state index is -4.74. The van der Waals surface area contributed by atoms with Crippen LogP contribution in [0.2, 0.25) is 0 Å². The molecule has 0 radical (unpaired) electrons. The van der Waals surface area contributed by atoms with Gasteiger partial charge in [0.15, 0.2) is 0 Å². The third-order valence-corrected chi connectivity index (χ3v) is 3.35. The van der Waals surface area contributed by atoms with Crippen LogP contribution < -0.4 is 4.35 Å². The number of nitrogens with zero attached hydrogens (tertiary/aromatic N) is 1. The molecule has 0 amide bonds. The van der Waals surface area contributed by atoms with Crippen molar-refractivity contribution >= 4 is 24.2 Å². The predicted molar refractivity (Wildman–Crippen MR) is 41.8 cm³/mol. The summed E-state index contributed by atoms with van der Waals surface area (Å²) in [6, 6.07) is 5.35. The van der Waals surface area contributed by atoms with E-state index in [1.165, 1.54) is 24.3 Å². The Morgan fingerprint density at radius 1 is 1.25 bits per heavy atom. The third kappa shape index (κ3) is 2.04. The maximum atomic E-state index is 10.7. The van der Waals surface area contributed by atoms with Gasteiger partial charge < -0.3 is 0 Å². The molecule has 5 nitrogen and oxygen atoms in total. The molecule has 0 heterocycles. The van der Waals surface area contributed by atoms with E-state index >= 15 is 0 Å². The fourth-order valence-electron chi connectivity index (χ4n) is 0.721. The Labute approximate surface area is 71.6 Å². The van der Waals surface area contributed by atoms with Gasteiger partial charge in [0.25, 0.3) is 0 Å². The molecule has 0 fully saturated rings. The van der Waals surface area contributed by atoms with Crippen LogP contribution in [0.1, 0.15) is 0 Å². The summed E-state index contributed by atoms with van der Waals surface area (Å²) >= 11 is -4.74. The van der Waals surface area contributed by atoms with E-state index in [2.05, 4.69) is 5.11 Å². The molecule has 1 aromatic rings. The number of nitrogens with one attached hydrogen (secondary N) is 1. The summed E-state index contributed by atoms with van der Waals surface area (Å²) in [4.78, 5) is 0. The Bertz CT molecular complexity index is 329. The van der Waals surface area contributed by atoms with E-state index in [1.54, 1.807) is 0 Å². The van der Waals surface area contributed by atoms with Crippen LogP contribution in [0.15, 0.2) is 29.4 Å². The Hall–Kier alpha value is -0.902. The summed E-state index contributed by atoms with van der Waals surface area (Å²) < 4.78 is 28.2. The average molecular weight is 230 g/mol. The molecular formula is C6H7AsN2O3. The maximum absolute atomic E-state index is 10.7. The van der Waals surface area contributed by atoms with Crippen LogP contribution in [-0.4, -0.2) is 22.4 Å². The molecule has 0 aliphatic carbocycles. The van der Waals surface area contributed by atoms with Gasteiger partial charge in [-0.15, -0.1) is 0 Å². The second kappa shape index (κ2) is 3.23. The Balaban J connectivity index is 3.08. The van der Waals surface area contributed by atoms with Gasteiger partial charge in [-0.3, -0.25) is 0 Å². The Morgan fingerprint density at radius 2 is 1.75 bits per heavy atom. The molecule has 0 aromatic heterocycles. The van der Waals surface area contributed by atoms with Crippen LogP contribution in [0.5, 0.6) is 0 Å². The summed E-state index contributed by atoms with van der Waals surface area (Å²) in [7, 11) is 0. The van der Waals surface area contributed by atoms with Gasteiger partial charge in [0.2, 0.25) is 0 Å². The predicted octanol–water partition coefficient (Wildman–Crippen LogP) is -0.0899. The van der Waals surface area contributed by atoms with Crippen LogP contribution in [0.4, 0.5) is 5.69 Å². The SMILES string of the molecule is N=Nc1ccc([As](=O)(O)O)cc1. The van der Waals surface area contributed by atoms with Crippen molar-refractivity contribution in [2.45, 2.75) is 0 Å². The first-order valence-electron chi connectivity index (χ1n) is 3.07. The average Bonchev–Trinajstić information content (AvgIpc) is 2.03. The van der Waals surface area contributed by atoms with E-state index in [0.717, 1.165) is 0 Å². The summed E-state index contributed by atoms with van der Waals surface area (Å²) in [5, 5.41) is 3.10. The summed E-state index contributed by atoms with van der Waals surface area (Å²) in [6.07, 6.45) is 0. The molecule has 1 aromatic carbocycles. The van der Waals surface area contributed by atoms with Gasteiger partial charge in [0, 0.05) is 0 Å². The number of hydrogen-bond acceptors (Lipinski definition) is 3. The third-order valence-electron chi connectivity index (χ3n) is 1.32. The van der Waals surface area contributed by atoms with Crippen molar-refractivity contribution in [1.29, 1.82) is 5.53 Å². The zero-order valence-corrected chi connectivity index (χ0v) is 7.88. The molecule has 1 rings (SSSR count). The molecule has 12 heavy (non-hydrogen) atoms. The topological polar surface area (TPSA) is 93.7 Å². The molecular weight excluding hydrogens is 223 g/mol. The van der Waals surface area contributed by atoms with Crippen molar-refractivity contribution < 1.29 is 11.9 Å². The standard InChI is InChI=1S/C6H7AsN2O3/c8-9-6-3-1-5(2-4-6)7(10,11)12/h1-4,8H,(H2,10,11,12). The molecule has 64 valence electrons. The van der Waals surface area contributed by atoms with Crippen molar-refractivity contribution in [3.63, 3.8) is 0 Å². The van der Waals surface area contributed by atoms with Crippen LogP contribution in [-0.2, 0) is 3.74 Å². The van der Waals surface area contributed by atoms with E-state index in [-0.39, 0.29) is 4.35 Å². The quantitative estimate of drug-likeness (QED) is 0.489. The fourth-order valence-corrected chi connectivity index (χ4v) is 1.85. The number of hydrogen-bond donors (Lipinski definition) is 3. The molecule has 6 heteroatoms. The zero-order chi connectivity index (χ0) is 9.19. The molecule has 0 aliphatic rings. The van der Waals surface area contributed by atoms with Crippen LogP contribution in [0.25, 0.3) is 0 Å². The van der Waals surface area contributed by atoms with Gasteiger partial charge in [-0.05, 0) is 0 Å². The number of rotatable bonds is 2. The molecule has 0 spiro atoms. The van der Waals surface area contributed by atoms with Crippen LogP contribution in [0, 0.1) is 5.53 Å². The first-order chi connectivity index (χ1) is 5.54. The van der Waals surface area contributed by atoms with Crippen molar-refractivity contribution in [3.8, 4) is 0 Å². The van der Waals surface area contributed by atoms with Crippen molar-refractivity contribution in [2.75, 3.05) is 0 Å². The molecule has 0 saturated heterocycles. The van der Waals surface area contributed by atoms with Gasteiger partial charge in [-0.1, -0.05) is 0 Å². The normalized spacial score (nSPS) is 11.2. The molecule has 3 N–H and O–H groups in total. The van der Waals surface area contributed by atoms with Crippen LogP contribution in [0.3, 0.4) is 0 Å². The first kappa shape index (κ1) is 9.19. The molecule has 0 atom stereocenters. The van der Waals surface area contributed by atoms with Gasteiger partial charge in [0.1, 0.15) is 0 Å². The van der Waals surface area contributed by atoms with E-state index in [4.69, 9.17) is 13.7 Å². The minimum absolute atomic E-state index is 0.000486. The van der Waals surface area contributed by atoms with E-state index in [0.29, 0.717) is 5.69 Å². The zero-order valence-electron chi connectivity index (χ0n) is 6.01. The summed E-state index contributed by atoms with van der Waals surface area (Å²) in [5.41, 5.74) is 6.98.